The van der Waals surface area contributed by atoms with E-state index in [0.717, 1.165) is 4.90 Å². The van der Waals surface area contributed by atoms with Crippen LogP contribution in [0.25, 0.3) is 0 Å². The van der Waals surface area contributed by atoms with Gasteiger partial charge in [-0.2, -0.15) is 0 Å². The molecule has 16 heavy (non-hydrogen) atoms. The third-order valence-corrected chi connectivity index (χ3v) is 2.25. The number of amides is 2. The van der Waals surface area contributed by atoms with Crippen LogP contribution in [0.1, 0.15) is 26.7 Å². The molecule has 0 N–H and O–H groups in total. The van der Waals surface area contributed by atoms with Crippen LogP contribution in [0.2, 0.25) is 0 Å². The Labute approximate surface area is 94.1 Å². The van der Waals surface area contributed by atoms with E-state index in [2.05, 4.69) is 6.58 Å². The van der Waals surface area contributed by atoms with Gasteiger partial charge in [0.2, 0.25) is 11.8 Å². The number of ether oxygens (including phenoxy) is 1. The Hall–Kier alpha value is -1.65. The van der Waals surface area contributed by atoms with Crippen LogP contribution in [0.5, 0.6) is 0 Å². The standard InChI is InChI=1S/C11H15NO4/c1-7(2)11(15)16-8(3)6-12-9(13)4-5-10(12)14/h8H,1,4-6H2,2-3H3. The second-order valence-electron chi connectivity index (χ2n) is 3.89. The van der Waals surface area contributed by atoms with Gasteiger partial charge in [0, 0.05) is 18.4 Å². The van der Waals surface area contributed by atoms with Crippen molar-refractivity contribution in [1.29, 1.82) is 0 Å². The molecule has 1 aliphatic heterocycles. The van der Waals surface area contributed by atoms with Crippen molar-refractivity contribution in [2.24, 2.45) is 0 Å². The summed E-state index contributed by atoms with van der Waals surface area (Å²) in [6, 6.07) is 0. The van der Waals surface area contributed by atoms with Crippen molar-refractivity contribution in [2.75, 3.05) is 6.54 Å². The Morgan fingerprint density at radius 3 is 2.38 bits per heavy atom. The first-order valence-corrected chi connectivity index (χ1v) is 5.11. The molecule has 5 heteroatoms. The van der Waals surface area contributed by atoms with Gasteiger partial charge in [-0.05, 0) is 13.8 Å². The summed E-state index contributed by atoms with van der Waals surface area (Å²) in [5.74, 6) is -0.918. The Morgan fingerprint density at radius 1 is 1.44 bits per heavy atom. The number of hydrogen-bond acceptors (Lipinski definition) is 4. The number of likely N-dealkylation sites (tertiary alicyclic amines) is 1. The lowest BCUT2D eigenvalue weighted by atomic mass is 10.3. The van der Waals surface area contributed by atoms with Crippen LogP contribution in [-0.2, 0) is 19.1 Å². The maximum absolute atomic E-state index is 11.3. The van der Waals surface area contributed by atoms with Gasteiger partial charge in [0.1, 0.15) is 6.10 Å². The monoisotopic (exact) mass is 225 g/mol. The van der Waals surface area contributed by atoms with Gasteiger partial charge in [-0.15, -0.1) is 0 Å². The van der Waals surface area contributed by atoms with E-state index in [9.17, 15) is 14.4 Å². The summed E-state index contributed by atoms with van der Waals surface area (Å²) in [6.07, 6.45) is -0.00447. The molecule has 1 unspecified atom stereocenters. The molecule has 0 aliphatic carbocycles. The van der Waals surface area contributed by atoms with Crippen LogP contribution >= 0.6 is 0 Å². The summed E-state index contributed by atoms with van der Waals surface area (Å²) in [6.45, 7) is 6.75. The second-order valence-corrected chi connectivity index (χ2v) is 3.89. The van der Waals surface area contributed by atoms with E-state index in [1.807, 2.05) is 0 Å². The van der Waals surface area contributed by atoms with Gasteiger partial charge in [0.15, 0.2) is 0 Å². The molecular formula is C11H15NO4. The molecule has 0 bridgehead atoms. The number of nitrogens with zero attached hydrogens (tertiary/aromatic N) is 1. The highest BCUT2D eigenvalue weighted by atomic mass is 16.5. The molecule has 1 atom stereocenters. The van der Waals surface area contributed by atoms with Gasteiger partial charge in [-0.25, -0.2) is 4.79 Å². The number of hydrogen-bond donors (Lipinski definition) is 0. The topological polar surface area (TPSA) is 63.7 Å². The lowest BCUT2D eigenvalue weighted by Crippen LogP contribution is -2.37. The molecule has 2 amide bonds. The minimum atomic E-state index is -0.508. The largest absolute Gasteiger partial charge is 0.457 e. The van der Waals surface area contributed by atoms with Crippen molar-refractivity contribution < 1.29 is 19.1 Å². The number of esters is 1. The van der Waals surface area contributed by atoms with E-state index in [4.69, 9.17) is 4.74 Å². The van der Waals surface area contributed by atoms with Crippen molar-refractivity contribution in [1.82, 2.24) is 4.90 Å². The highest BCUT2D eigenvalue weighted by Gasteiger charge is 2.30. The van der Waals surface area contributed by atoms with Crippen LogP contribution in [-0.4, -0.2) is 35.3 Å². The first-order valence-electron chi connectivity index (χ1n) is 5.11. The minimum Gasteiger partial charge on any atom is -0.457 e. The predicted molar refractivity (Wildman–Crippen MR) is 56.3 cm³/mol. The highest BCUT2D eigenvalue weighted by Crippen LogP contribution is 2.13. The first-order chi connectivity index (χ1) is 7.41. The number of imide groups is 1. The quantitative estimate of drug-likeness (QED) is 0.400. The number of carbonyl (C=O) groups excluding carboxylic acids is 3. The van der Waals surface area contributed by atoms with Crippen LogP contribution in [0.15, 0.2) is 12.2 Å². The van der Waals surface area contributed by atoms with E-state index >= 15 is 0 Å². The maximum atomic E-state index is 11.3. The number of carbonyl (C=O) groups is 3. The summed E-state index contributed by atoms with van der Waals surface area (Å²) in [7, 11) is 0. The van der Waals surface area contributed by atoms with E-state index in [1.54, 1.807) is 13.8 Å². The van der Waals surface area contributed by atoms with Gasteiger partial charge < -0.3 is 4.74 Å². The number of rotatable bonds is 4. The van der Waals surface area contributed by atoms with E-state index in [-0.39, 0.29) is 31.2 Å². The minimum absolute atomic E-state index is 0.122. The zero-order valence-corrected chi connectivity index (χ0v) is 9.49. The fourth-order valence-corrected chi connectivity index (χ4v) is 1.40. The van der Waals surface area contributed by atoms with E-state index in [1.165, 1.54) is 0 Å². The molecule has 0 aromatic heterocycles. The lowest BCUT2D eigenvalue weighted by Gasteiger charge is -2.19. The molecule has 0 radical (unpaired) electrons. The van der Waals surface area contributed by atoms with Crippen molar-refractivity contribution in [2.45, 2.75) is 32.8 Å². The van der Waals surface area contributed by atoms with Gasteiger partial charge >= 0.3 is 5.97 Å². The summed E-state index contributed by atoms with van der Waals surface area (Å²) >= 11 is 0. The Balaban J connectivity index is 2.48. The zero-order valence-electron chi connectivity index (χ0n) is 9.49. The molecule has 0 aromatic carbocycles. The molecule has 1 rings (SSSR count). The average molecular weight is 225 g/mol. The molecule has 5 nitrogen and oxygen atoms in total. The fraction of sp³-hybridized carbons (Fsp3) is 0.545. The fourth-order valence-electron chi connectivity index (χ4n) is 1.40. The normalized spacial score (nSPS) is 17.5. The van der Waals surface area contributed by atoms with Crippen molar-refractivity contribution in [3.8, 4) is 0 Å². The summed E-state index contributed by atoms with van der Waals surface area (Å²) in [5, 5.41) is 0. The van der Waals surface area contributed by atoms with Gasteiger partial charge in [0.05, 0.1) is 6.54 Å². The van der Waals surface area contributed by atoms with Crippen LogP contribution in [0.3, 0.4) is 0 Å². The molecule has 0 spiro atoms. The highest BCUT2D eigenvalue weighted by molar-refractivity contribution is 6.01. The van der Waals surface area contributed by atoms with Gasteiger partial charge in [-0.1, -0.05) is 6.58 Å². The SMILES string of the molecule is C=C(C)C(=O)OC(C)CN1C(=O)CCC1=O. The molecular weight excluding hydrogens is 210 g/mol. The Morgan fingerprint density at radius 2 is 1.94 bits per heavy atom. The smallest absolute Gasteiger partial charge is 0.333 e. The molecule has 1 fully saturated rings. The van der Waals surface area contributed by atoms with E-state index in [0.29, 0.717) is 5.57 Å². The summed E-state index contributed by atoms with van der Waals surface area (Å²) in [5.41, 5.74) is 0.297. The predicted octanol–water partition coefficient (Wildman–Crippen LogP) is 0.643. The molecule has 1 heterocycles. The van der Waals surface area contributed by atoms with Crippen molar-refractivity contribution >= 4 is 17.8 Å². The molecule has 1 saturated heterocycles. The van der Waals surface area contributed by atoms with Crippen LogP contribution < -0.4 is 0 Å². The summed E-state index contributed by atoms with van der Waals surface area (Å²) in [4.78, 5) is 34.9. The molecule has 88 valence electrons. The van der Waals surface area contributed by atoms with E-state index < -0.39 is 12.1 Å². The van der Waals surface area contributed by atoms with Crippen LogP contribution in [0, 0.1) is 0 Å². The van der Waals surface area contributed by atoms with Crippen molar-refractivity contribution in [3.63, 3.8) is 0 Å². The second kappa shape index (κ2) is 4.92. The maximum Gasteiger partial charge on any atom is 0.333 e. The van der Waals surface area contributed by atoms with Gasteiger partial charge in [-0.3, -0.25) is 14.5 Å². The third-order valence-electron chi connectivity index (χ3n) is 2.25. The van der Waals surface area contributed by atoms with Crippen molar-refractivity contribution in [3.05, 3.63) is 12.2 Å². The van der Waals surface area contributed by atoms with Gasteiger partial charge in [0.25, 0.3) is 0 Å². The molecule has 0 aromatic rings. The lowest BCUT2D eigenvalue weighted by molar-refractivity contribution is -0.149. The average Bonchev–Trinajstić information content (AvgIpc) is 2.49. The zero-order chi connectivity index (χ0) is 12.3. The molecule has 1 aliphatic rings. The van der Waals surface area contributed by atoms with Crippen LogP contribution in [0.4, 0.5) is 0 Å². The summed E-state index contributed by atoms with van der Waals surface area (Å²) < 4.78 is 4.99. The Kier molecular flexibility index (Phi) is 3.82. The first kappa shape index (κ1) is 12.4. The third kappa shape index (κ3) is 2.92. The molecule has 0 saturated carbocycles. The Bertz CT molecular complexity index is 332.